The molecular weight excluding hydrogens is 198 g/mol. The van der Waals surface area contributed by atoms with Crippen LogP contribution in [-0.2, 0) is 0 Å². The SMILES string of the molecule is CC(Cl)C(=O)c1cccc(N(C)C)c1. The van der Waals surface area contributed by atoms with Gasteiger partial charge in [-0.3, -0.25) is 4.79 Å². The fourth-order valence-electron chi connectivity index (χ4n) is 1.17. The molecule has 1 atom stereocenters. The van der Waals surface area contributed by atoms with Crippen molar-refractivity contribution in [2.75, 3.05) is 19.0 Å². The number of hydrogen-bond acceptors (Lipinski definition) is 2. The average Bonchev–Trinajstić information content (AvgIpc) is 2.16. The summed E-state index contributed by atoms with van der Waals surface area (Å²) in [5, 5.41) is -0.465. The first kappa shape index (κ1) is 11.1. The third-order valence-electron chi connectivity index (χ3n) is 2.01. The smallest absolute Gasteiger partial charge is 0.180 e. The molecule has 0 aliphatic rings. The van der Waals surface area contributed by atoms with Crippen LogP contribution in [0.1, 0.15) is 17.3 Å². The van der Waals surface area contributed by atoms with Crippen LogP contribution in [0, 0.1) is 0 Å². The van der Waals surface area contributed by atoms with E-state index in [0.29, 0.717) is 5.56 Å². The van der Waals surface area contributed by atoms with Crippen molar-refractivity contribution < 1.29 is 4.79 Å². The zero-order valence-corrected chi connectivity index (χ0v) is 9.38. The summed E-state index contributed by atoms with van der Waals surface area (Å²) in [4.78, 5) is 13.5. The van der Waals surface area contributed by atoms with Gasteiger partial charge < -0.3 is 4.90 Å². The van der Waals surface area contributed by atoms with Gasteiger partial charge in [-0.1, -0.05) is 12.1 Å². The van der Waals surface area contributed by atoms with Gasteiger partial charge in [0.1, 0.15) is 0 Å². The summed E-state index contributed by atoms with van der Waals surface area (Å²) in [5.74, 6) is -0.0321. The molecule has 0 N–H and O–H groups in total. The third-order valence-corrected chi connectivity index (χ3v) is 2.21. The molecule has 1 aromatic rings. The zero-order valence-electron chi connectivity index (χ0n) is 8.62. The summed E-state index contributed by atoms with van der Waals surface area (Å²) in [5.41, 5.74) is 1.67. The number of carbonyl (C=O) groups is 1. The number of hydrogen-bond donors (Lipinski definition) is 0. The minimum Gasteiger partial charge on any atom is -0.378 e. The number of anilines is 1. The van der Waals surface area contributed by atoms with E-state index < -0.39 is 5.38 Å². The molecule has 0 aliphatic heterocycles. The Hall–Kier alpha value is -1.02. The molecular formula is C11H14ClNO. The molecule has 3 heteroatoms. The van der Waals surface area contributed by atoms with Gasteiger partial charge in [0, 0.05) is 25.3 Å². The van der Waals surface area contributed by atoms with E-state index in [-0.39, 0.29) is 5.78 Å². The summed E-state index contributed by atoms with van der Waals surface area (Å²) in [7, 11) is 3.88. The van der Waals surface area contributed by atoms with Crippen molar-refractivity contribution >= 4 is 23.1 Å². The molecule has 1 unspecified atom stereocenters. The number of rotatable bonds is 3. The van der Waals surface area contributed by atoms with E-state index in [1.807, 2.05) is 37.2 Å². The van der Waals surface area contributed by atoms with Crippen LogP contribution in [0.2, 0.25) is 0 Å². The van der Waals surface area contributed by atoms with Gasteiger partial charge in [-0.15, -0.1) is 11.6 Å². The van der Waals surface area contributed by atoms with Crippen molar-refractivity contribution in [2.24, 2.45) is 0 Å². The standard InChI is InChI=1S/C11H14ClNO/c1-8(12)11(14)9-5-4-6-10(7-9)13(2)3/h4-8H,1-3H3. The van der Waals surface area contributed by atoms with Crippen molar-refractivity contribution in [3.05, 3.63) is 29.8 Å². The number of Topliss-reactive ketones (excluding diaryl/α,β-unsaturated/α-hetero) is 1. The van der Waals surface area contributed by atoms with Crippen LogP contribution in [-0.4, -0.2) is 25.3 Å². The molecule has 0 radical (unpaired) electrons. The Labute approximate surface area is 89.5 Å². The Morgan fingerprint density at radius 3 is 2.57 bits per heavy atom. The summed E-state index contributed by atoms with van der Waals surface area (Å²) in [6.07, 6.45) is 0. The maximum Gasteiger partial charge on any atom is 0.180 e. The van der Waals surface area contributed by atoms with Gasteiger partial charge in [-0.05, 0) is 19.1 Å². The normalized spacial score (nSPS) is 12.3. The van der Waals surface area contributed by atoms with Crippen LogP contribution in [0.25, 0.3) is 0 Å². The molecule has 0 amide bonds. The Morgan fingerprint density at radius 1 is 1.43 bits per heavy atom. The minimum absolute atomic E-state index is 0.0321. The lowest BCUT2D eigenvalue weighted by molar-refractivity contribution is 0.0992. The predicted molar refractivity (Wildman–Crippen MR) is 60.4 cm³/mol. The van der Waals surface area contributed by atoms with Crippen molar-refractivity contribution in [1.82, 2.24) is 0 Å². The van der Waals surface area contributed by atoms with Crippen LogP contribution >= 0.6 is 11.6 Å². The number of benzene rings is 1. The second kappa shape index (κ2) is 4.47. The lowest BCUT2D eigenvalue weighted by Gasteiger charge is -2.13. The topological polar surface area (TPSA) is 20.3 Å². The molecule has 0 saturated carbocycles. The van der Waals surface area contributed by atoms with Crippen LogP contribution in [0.3, 0.4) is 0 Å². The Morgan fingerprint density at radius 2 is 2.07 bits per heavy atom. The zero-order chi connectivity index (χ0) is 10.7. The number of carbonyl (C=O) groups excluding carboxylic acids is 1. The van der Waals surface area contributed by atoms with Gasteiger partial charge in [0.05, 0.1) is 5.38 Å². The Bertz CT molecular complexity index is 334. The first-order valence-electron chi connectivity index (χ1n) is 4.48. The molecule has 0 aliphatic carbocycles. The van der Waals surface area contributed by atoms with Crippen LogP contribution in [0.15, 0.2) is 24.3 Å². The largest absolute Gasteiger partial charge is 0.378 e. The summed E-state index contributed by atoms with van der Waals surface area (Å²) in [6.45, 7) is 1.69. The van der Waals surface area contributed by atoms with Crippen molar-refractivity contribution in [1.29, 1.82) is 0 Å². The number of nitrogens with zero attached hydrogens (tertiary/aromatic N) is 1. The second-order valence-corrected chi connectivity index (χ2v) is 4.08. The molecule has 0 bridgehead atoms. The molecule has 0 spiro atoms. The number of halogens is 1. The van der Waals surface area contributed by atoms with Gasteiger partial charge in [-0.25, -0.2) is 0 Å². The fraction of sp³-hybridized carbons (Fsp3) is 0.364. The van der Waals surface area contributed by atoms with Crippen LogP contribution in [0.4, 0.5) is 5.69 Å². The van der Waals surface area contributed by atoms with Gasteiger partial charge >= 0.3 is 0 Å². The predicted octanol–water partition coefficient (Wildman–Crippen LogP) is 2.56. The Kier molecular flexibility index (Phi) is 3.53. The minimum atomic E-state index is -0.465. The monoisotopic (exact) mass is 211 g/mol. The first-order chi connectivity index (χ1) is 6.52. The third kappa shape index (κ3) is 2.48. The van der Waals surface area contributed by atoms with Crippen molar-refractivity contribution in [3.63, 3.8) is 0 Å². The van der Waals surface area contributed by atoms with E-state index in [1.165, 1.54) is 0 Å². The second-order valence-electron chi connectivity index (χ2n) is 3.43. The van der Waals surface area contributed by atoms with E-state index >= 15 is 0 Å². The highest BCUT2D eigenvalue weighted by Gasteiger charge is 2.12. The van der Waals surface area contributed by atoms with Crippen molar-refractivity contribution in [3.8, 4) is 0 Å². The maximum absolute atomic E-state index is 11.6. The lowest BCUT2D eigenvalue weighted by Crippen LogP contribution is -2.13. The van der Waals surface area contributed by atoms with Crippen LogP contribution in [0.5, 0.6) is 0 Å². The van der Waals surface area contributed by atoms with E-state index in [9.17, 15) is 4.79 Å². The van der Waals surface area contributed by atoms with Crippen molar-refractivity contribution in [2.45, 2.75) is 12.3 Å². The Balaban J connectivity index is 3.00. The molecule has 1 rings (SSSR count). The molecule has 0 heterocycles. The number of ketones is 1. The summed E-state index contributed by atoms with van der Waals surface area (Å²) >= 11 is 5.73. The van der Waals surface area contributed by atoms with E-state index in [4.69, 9.17) is 11.6 Å². The summed E-state index contributed by atoms with van der Waals surface area (Å²) < 4.78 is 0. The maximum atomic E-state index is 11.6. The number of alkyl halides is 1. The molecule has 1 aromatic carbocycles. The first-order valence-corrected chi connectivity index (χ1v) is 4.91. The lowest BCUT2D eigenvalue weighted by atomic mass is 10.1. The highest BCUT2D eigenvalue weighted by Crippen LogP contribution is 2.16. The molecule has 0 aromatic heterocycles. The van der Waals surface area contributed by atoms with Crippen LogP contribution < -0.4 is 4.90 Å². The molecule has 0 fully saturated rings. The van der Waals surface area contributed by atoms with E-state index in [1.54, 1.807) is 13.0 Å². The van der Waals surface area contributed by atoms with Gasteiger partial charge in [0.25, 0.3) is 0 Å². The van der Waals surface area contributed by atoms with E-state index in [2.05, 4.69) is 0 Å². The summed E-state index contributed by atoms with van der Waals surface area (Å²) in [6, 6.07) is 7.45. The highest BCUT2D eigenvalue weighted by molar-refractivity contribution is 6.33. The highest BCUT2D eigenvalue weighted by atomic mass is 35.5. The fourth-order valence-corrected chi connectivity index (χ4v) is 1.29. The van der Waals surface area contributed by atoms with Gasteiger partial charge in [0.15, 0.2) is 5.78 Å². The van der Waals surface area contributed by atoms with E-state index in [0.717, 1.165) is 5.69 Å². The molecule has 14 heavy (non-hydrogen) atoms. The molecule has 2 nitrogen and oxygen atoms in total. The van der Waals surface area contributed by atoms with Gasteiger partial charge in [-0.2, -0.15) is 0 Å². The molecule has 0 saturated heterocycles. The molecule has 76 valence electrons. The van der Waals surface area contributed by atoms with Gasteiger partial charge in [0.2, 0.25) is 0 Å². The average molecular weight is 212 g/mol. The quantitative estimate of drug-likeness (QED) is 0.566.